The molecular weight excluding hydrogens is 987 g/mol. The normalized spacial score (nSPS) is 12.9. The van der Waals surface area contributed by atoms with Gasteiger partial charge in [0.2, 0.25) is 0 Å². The van der Waals surface area contributed by atoms with Crippen LogP contribution in [-0.4, -0.2) is 0 Å². The zero-order valence-corrected chi connectivity index (χ0v) is 44.2. The van der Waals surface area contributed by atoms with E-state index in [0.717, 1.165) is 50.5 Å². The highest BCUT2D eigenvalue weighted by Crippen LogP contribution is 2.68. The van der Waals surface area contributed by atoms with Crippen molar-refractivity contribution >= 4 is 91.7 Å². The van der Waals surface area contributed by atoms with Crippen molar-refractivity contribution in [2.45, 2.75) is 5.41 Å². The highest BCUT2D eigenvalue weighted by Gasteiger charge is 2.54. The van der Waals surface area contributed by atoms with Crippen molar-refractivity contribution in [1.82, 2.24) is 0 Å². The molecule has 2 nitrogen and oxygen atoms in total. The van der Waals surface area contributed by atoms with Crippen molar-refractivity contribution in [2.75, 3.05) is 4.90 Å². The third-order valence-electron chi connectivity index (χ3n) is 17.3. The van der Waals surface area contributed by atoms with Crippen LogP contribution >= 0.6 is 11.3 Å². The van der Waals surface area contributed by atoms with Crippen molar-refractivity contribution in [3.8, 4) is 56.0 Å². The molecule has 1 aliphatic heterocycles. The van der Waals surface area contributed by atoms with Gasteiger partial charge < -0.3 is 9.64 Å². The van der Waals surface area contributed by atoms with Crippen LogP contribution in [0, 0.1) is 0 Å². The van der Waals surface area contributed by atoms with Gasteiger partial charge in [-0.1, -0.05) is 243 Å². The molecule has 0 unspecified atom stereocenters. The SMILES string of the molecule is c1ccc(-c2cccc(N(c3ccc(-c4cccc5c4sc4ccccc45)cc3)c3cccc(-c4cccc5c4-c4ccccc4C54c5c(c6ccccc6c6ccccc56)Oc5c4c4ccccc4c4ccccc54)c3)c2)cc1. The van der Waals surface area contributed by atoms with Gasteiger partial charge in [0, 0.05) is 59.1 Å². The van der Waals surface area contributed by atoms with E-state index < -0.39 is 5.41 Å². The number of hydrogen-bond acceptors (Lipinski definition) is 3. The zero-order chi connectivity index (χ0) is 52.5. The van der Waals surface area contributed by atoms with E-state index in [1.54, 1.807) is 0 Å². The van der Waals surface area contributed by atoms with Crippen LogP contribution in [-0.2, 0) is 5.41 Å². The third kappa shape index (κ3) is 6.41. The van der Waals surface area contributed by atoms with Gasteiger partial charge in [0.15, 0.2) is 0 Å². The first kappa shape index (κ1) is 45.0. The van der Waals surface area contributed by atoms with Gasteiger partial charge in [-0.3, -0.25) is 0 Å². The molecular formula is C77H47NOS. The maximum atomic E-state index is 7.67. The highest BCUT2D eigenvalue weighted by atomic mass is 32.1. The first-order valence-electron chi connectivity index (χ1n) is 27.6. The summed E-state index contributed by atoms with van der Waals surface area (Å²) in [5.74, 6) is 1.84. The fraction of sp³-hybridized carbons (Fsp3) is 0.0130. The maximum Gasteiger partial charge on any atom is 0.140 e. The molecule has 1 aliphatic carbocycles. The molecule has 0 amide bonds. The summed E-state index contributed by atoms with van der Waals surface area (Å²) in [6.45, 7) is 0. The summed E-state index contributed by atoms with van der Waals surface area (Å²) in [7, 11) is 0. The Labute approximate surface area is 467 Å². The molecule has 372 valence electrons. The van der Waals surface area contributed by atoms with Crippen LogP contribution in [0.5, 0.6) is 11.5 Å². The van der Waals surface area contributed by atoms with Crippen LogP contribution in [0.4, 0.5) is 17.1 Å². The van der Waals surface area contributed by atoms with Crippen molar-refractivity contribution < 1.29 is 4.74 Å². The van der Waals surface area contributed by atoms with E-state index in [1.165, 1.54) is 108 Å². The number of ether oxygens (including phenoxy) is 1. The Hall–Kier alpha value is -10.1. The van der Waals surface area contributed by atoms with Gasteiger partial charge in [-0.2, -0.15) is 0 Å². The summed E-state index contributed by atoms with van der Waals surface area (Å²) in [5.41, 5.74) is 16.9. The van der Waals surface area contributed by atoms with Crippen LogP contribution in [0.2, 0.25) is 0 Å². The second kappa shape index (κ2) is 17.5. The molecule has 14 aromatic carbocycles. The molecule has 0 atom stereocenters. The smallest absolute Gasteiger partial charge is 0.140 e. The molecule has 0 fully saturated rings. The molecule has 3 heteroatoms. The molecule has 2 heterocycles. The van der Waals surface area contributed by atoms with E-state index in [-0.39, 0.29) is 0 Å². The van der Waals surface area contributed by atoms with Crippen molar-refractivity contribution in [3.05, 3.63) is 307 Å². The summed E-state index contributed by atoms with van der Waals surface area (Å²) in [4.78, 5) is 2.43. The second-order valence-corrected chi connectivity index (χ2v) is 22.4. The summed E-state index contributed by atoms with van der Waals surface area (Å²) >= 11 is 1.88. The summed E-state index contributed by atoms with van der Waals surface area (Å²) in [6.07, 6.45) is 0. The van der Waals surface area contributed by atoms with Gasteiger partial charge in [0.25, 0.3) is 0 Å². The number of nitrogens with zero attached hydrogens (tertiary/aromatic N) is 1. The minimum atomic E-state index is -0.776. The average molecular weight is 1030 g/mol. The Kier molecular flexibility index (Phi) is 9.83. The topological polar surface area (TPSA) is 12.5 Å². The fourth-order valence-corrected chi connectivity index (χ4v) is 15.2. The Bertz CT molecular complexity index is 4930. The number of anilines is 3. The monoisotopic (exact) mass is 1030 g/mol. The molecule has 15 aromatic rings. The minimum absolute atomic E-state index is 0.776. The molecule has 0 bridgehead atoms. The lowest BCUT2D eigenvalue weighted by molar-refractivity contribution is 0.451. The first-order valence-corrected chi connectivity index (χ1v) is 28.4. The van der Waals surface area contributed by atoms with Gasteiger partial charge in [-0.25, -0.2) is 0 Å². The number of fused-ring (bicyclic) bond motifs is 22. The number of thiophene rings is 1. The van der Waals surface area contributed by atoms with Crippen LogP contribution in [0.15, 0.2) is 285 Å². The zero-order valence-electron chi connectivity index (χ0n) is 43.4. The molecule has 0 radical (unpaired) electrons. The lowest BCUT2D eigenvalue weighted by Crippen LogP contribution is -2.33. The van der Waals surface area contributed by atoms with E-state index >= 15 is 0 Å². The summed E-state index contributed by atoms with van der Waals surface area (Å²) in [6, 6.07) is 106. The molecule has 2 aliphatic rings. The van der Waals surface area contributed by atoms with Crippen molar-refractivity contribution in [2.24, 2.45) is 0 Å². The van der Waals surface area contributed by atoms with Crippen LogP contribution in [0.1, 0.15) is 22.3 Å². The van der Waals surface area contributed by atoms with Gasteiger partial charge in [0.1, 0.15) is 11.5 Å². The molecule has 1 spiro atoms. The Morgan fingerprint density at radius 3 is 1.43 bits per heavy atom. The Morgan fingerprint density at radius 1 is 0.287 bits per heavy atom. The number of benzene rings is 14. The second-order valence-electron chi connectivity index (χ2n) is 21.3. The third-order valence-corrected chi connectivity index (χ3v) is 18.5. The van der Waals surface area contributed by atoms with E-state index in [4.69, 9.17) is 4.74 Å². The van der Waals surface area contributed by atoms with Crippen molar-refractivity contribution in [3.63, 3.8) is 0 Å². The van der Waals surface area contributed by atoms with E-state index in [1.807, 2.05) is 11.3 Å². The molecule has 17 rings (SSSR count). The van der Waals surface area contributed by atoms with Gasteiger partial charge in [-0.15, -0.1) is 11.3 Å². The average Bonchev–Trinajstić information content (AvgIpc) is 2.29. The predicted octanol–water partition coefficient (Wildman–Crippen LogP) is 21.6. The molecule has 80 heavy (non-hydrogen) atoms. The predicted molar refractivity (Wildman–Crippen MR) is 338 cm³/mol. The standard InChI is InChI=1S/C77H47NOS/c1-2-20-48(21-3-1)50-22-16-24-53(46-50)78(52-44-42-49(43-45-52)56-37-18-38-66-61-30-13-15-41-70(61)80-76(56)66)54-25-17-23-51(47-54)55-36-19-40-69-71(55)67-35-12-14-39-68(67)77(69)72-62-31-8-4-26-57(62)59-28-6-10-33-64(59)74(72)79-75-65-34-11-7-29-60(65)58-27-5-9-32-63(58)73(75)77/h1-47H. The van der Waals surface area contributed by atoms with Gasteiger partial charge in [0.05, 0.1) is 5.41 Å². The number of hydrogen-bond donors (Lipinski definition) is 0. The van der Waals surface area contributed by atoms with Gasteiger partial charge >= 0.3 is 0 Å². The molecule has 0 N–H and O–H groups in total. The van der Waals surface area contributed by atoms with Crippen molar-refractivity contribution in [1.29, 1.82) is 0 Å². The summed E-state index contributed by atoms with van der Waals surface area (Å²) < 4.78 is 10.3. The van der Waals surface area contributed by atoms with Crippen LogP contribution in [0.3, 0.4) is 0 Å². The van der Waals surface area contributed by atoms with E-state index in [2.05, 4.69) is 290 Å². The lowest BCUT2D eigenvalue weighted by Gasteiger charge is -2.42. The number of rotatable bonds is 6. The summed E-state index contributed by atoms with van der Waals surface area (Å²) in [5, 5.41) is 12.0. The minimum Gasteiger partial charge on any atom is -0.455 e. The molecule has 1 aromatic heterocycles. The maximum absolute atomic E-state index is 7.67. The van der Waals surface area contributed by atoms with Crippen LogP contribution < -0.4 is 9.64 Å². The highest BCUT2D eigenvalue weighted by molar-refractivity contribution is 7.26. The van der Waals surface area contributed by atoms with E-state index in [0.29, 0.717) is 0 Å². The van der Waals surface area contributed by atoms with Crippen LogP contribution in [0.25, 0.3) is 108 Å². The molecule has 0 saturated carbocycles. The van der Waals surface area contributed by atoms with E-state index in [9.17, 15) is 0 Å². The Balaban J connectivity index is 0.906. The molecule has 0 saturated heterocycles. The first-order chi connectivity index (χ1) is 39.7. The largest absolute Gasteiger partial charge is 0.455 e. The quantitative estimate of drug-likeness (QED) is 0.154. The Morgan fingerprint density at radius 2 is 0.750 bits per heavy atom. The fourth-order valence-electron chi connectivity index (χ4n) is 14.0. The van der Waals surface area contributed by atoms with Gasteiger partial charge in [-0.05, 0) is 130 Å². The lowest BCUT2D eigenvalue weighted by atomic mass is 9.63.